The van der Waals surface area contributed by atoms with E-state index in [1.807, 2.05) is 54.3 Å². The topological polar surface area (TPSA) is 67.6 Å². The monoisotopic (exact) mass is 432 g/mol. The zero-order valence-electron chi connectivity index (χ0n) is 17.5. The van der Waals surface area contributed by atoms with E-state index in [1.54, 1.807) is 10.6 Å². The molecule has 0 N–H and O–H groups in total. The number of carbonyl (C=O) groups is 1. The SMILES string of the molecule is Cc1nc2ccccc2c(=O)n1-c1ccc(N=C2SCC(=O)N2C2CCCCC2)cc1. The Hall–Kier alpha value is -2.93. The van der Waals surface area contributed by atoms with E-state index in [0.717, 1.165) is 29.4 Å². The Balaban J connectivity index is 1.46. The summed E-state index contributed by atoms with van der Waals surface area (Å²) in [4.78, 5) is 36.8. The fourth-order valence-corrected chi connectivity index (χ4v) is 5.44. The summed E-state index contributed by atoms with van der Waals surface area (Å²) in [5.41, 5.74) is 2.16. The first-order valence-corrected chi connectivity index (χ1v) is 11.7. The standard InChI is InChI=1S/C24H24N4O2S/c1-16-25-21-10-6-5-9-20(21)23(30)27(16)19-13-11-17(12-14-19)26-24-28(22(29)15-31-24)18-7-3-2-4-8-18/h5-6,9-14,18H,2-4,7-8,15H2,1H3. The molecule has 1 aromatic heterocycles. The Labute approximate surface area is 185 Å². The summed E-state index contributed by atoms with van der Waals surface area (Å²) in [7, 11) is 0. The first-order valence-electron chi connectivity index (χ1n) is 10.7. The Morgan fingerprint density at radius 3 is 2.52 bits per heavy atom. The second-order valence-corrected chi connectivity index (χ2v) is 9.01. The molecule has 0 radical (unpaired) electrons. The molecule has 31 heavy (non-hydrogen) atoms. The molecule has 2 aromatic carbocycles. The lowest BCUT2D eigenvalue weighted by molar-refractivity contribution is -0.126. The van der Waals surface area contributed by atoms with Crippen molar-refractivity contribution < 1.29 is 4.79 Å². The van der Waals surface area contributed by atoms with Gasteiger partial charge in [-0.1, -0.05) is 43.2 Å². The van der Waals surface area contributed by atoms with Gasteiger partial charge in [0.1, 0.15) is 5.82 Å². The van der Waals surface area contributed by atoms with Crippen LogP contribution >= 0.6 is 11.8 Å². The highest BCUT2D eigenvalue weighted by molar-refractivity contribution is 8.15. The molecule has 2 heterocycles. The number of benzene rings is 2. The van der Waals surface area contributed by atoms with Crippen molar-refractivity contribution >= 4 is 39.4 Å². The molecular weight excluding hydrogens is 408 g/mol. The van der Waals surface area contributed by atoms with Crippen molar-refractivity contribution in [3.05, 3.63) is 64.7 Å². The summed E-state index contributed by atoms with van der Waals surface area (Å²) in [5, 5.41) is 1.40. The number of fused-ring (bicyclic) bond motifs is 1. The van der Waals surface area contributed by atoms with Crippen molar-refractivity contribution in [1.82, 2.24) is 14.5 Å². The first kappa shape index (κ1) is 20.0. The number of aromatic nitrogens is 2. The van der Waals surface area contributed by atoms with Gasteiger partial charge in [0.25, 0.3) is 5.56 Å². The maximum absolute atomic E-state index is 13.0. The number of para-hydroxylation sites is 1. The minimum atomic E-state index is -0.0809. The highest BCUT2D eigenvalue weighted by atomic mass is 32.2. The molecule has 1 aliphatic heterocycles. The van der Waals surface area contributed by atoms with E-state index in [9.17, 15) is 9.59 Å². The van der Waals surface area contributed by atoms with Crippen molar-refractivity contribution in [3.8, 4) is 5.69 Å². The molecule has 1 aliphatic carbocycles. The average molecular weight is 433 g/mol. The number of aliphatic imine (C=N–C) groups is 1. The largest absolute Gasteiger partial charge is 0.287 e. The van der Waals surface area contributed by atoms with Crippen LogP contribution in [0.15, 0.2) is 58.3 Å². The number of aryl methyl sites for hydroxylation is 1. The predicted octanol–water partition coefficient (Wildman–Crippen LogP) is 4.59. The van der Waals surface area contributed by atoms with Gasteiger partial charge >= 0.3 is 0 Å². The van der Waals surface area contributed by atoms with Crippen molar-refractivity contribution in [1.29, 1.82) is 0 Å². The van der Waals surface area contributed by atoms with Crippen LogP contribution in [0.25, 0.3) is 16.6 Å². The van der Waals surface area contributed by atoms with Crippen molar-refractivity contribution in [2.45, 2.75) is 45.1 Å². The Morgan fingerprint density at radius 1 is 1.00 bits per heavy atom. The number of carbonyl (C=O) groups excluding carboxylic acids is 1. The number of thioether (sulfide) groups is 1. The molecule has 0 spiro atoms. The predicted molar refractivity (Wildman–Crippen MR) is 125 cm³/mol. The molecular formula is C24H24N4O2S. The van der Waals surface area contributed by atoms with Crippen LogP contribution in [0.5, 0.6) is 0 Å². The van der Waals surface area contributed by atoms with Crippen LogP contribution in [0.1, 0.15) is 37.9 Å². The van der Waals surface area contributed by atoms with E-state index in [0.29, 0.717) is 22.5 Å². The summed E-state index contributed by atoms with van der Waals surface area (Å²) in [6, 6.07) is 15.2. The quantitative estimate of drug-likeness (QED) is 0.607. The van der Waals surface area contributed by atoms with Crippen molar-refractivity contribution in [3.63, 3.8) is 0 Å². The fraction of sp³-hybridized carbons (Fsp3) is 0.333. The van der Waals surface area contributed by atoms with Gasteiger partial charge in [-0.15, -0.1) is 0 Å². The number of hydrogen-bond acceptors (Lipinski definition) is 5. The lowest BCUT2D eigenvalue weighted by atomic mass is 9.94. The van der Waals surface area contributed by atoms with Crippen LogP contribution in [0, 0.1) is 6.92 Å². The molecule has 7 heteroatoms. The van der Waals surface area contributed by atoms with Gasteiger partial charge < -0.3 is 0 Å². The molecule has 6 nitrogen and oxygen atoms in total. The molecule has 2 aliphatic rings. The van der Waals surface area contributed by atoms with Crippen LogP contribution < -0.4 is 5.56 Å². The summed E-state index contributed by atoms with van der Waals surface area (Å²) in [5.74, 6) is 1.27. The van der Waals surface area contributed by atoms with E-state index >= 15 is 0 Å². The van der Waals surface area contributed by atoms with E-state index in [4.69, 9.17) is 4.99 Å². The highest BCUT2D eigenvalue weighted by Crippen LogP contribution is 2.31. The number of rotatable bonds is 3. The Morgan fingerprint density at radius 2 is 1.74 bits per heavy atom. The lowest BCUT2D eigenvalue weighted by Crippen LogP contribution is -2.40. The third kappa shape index (κ3) is 3.78. The normalized spacial score (nSPS) is 18.9. The second-order valence-electron chi connectivity index (χ2n) is 8.07. The summed E-state index contributed by atoms with van der Waals surface area (Å²) in [6.45, 7) is 1.84. The molecule has 1 saturated heterocycles. The van der Waals surface area contributed by atoms with Gasteiger partial charge in [-0.3, -0.25) is 19.1 Å². The van der Waals surface area contributed by atoms with Gasteiger partial charge in [-0.05, 0) is 56.2 Å². The second kappa shape index (κ2) is 8.30. The molecule has 5 rings (SSSR count). The van der Waals surface area contributed by atoms with Gasteiger partial charge in [-0.25, -0.2) is 9.98 Å². The summed E-state index contributed by atoms with van der Waals surface area (Å²) in [6.07, 6.45) is 5.72. The third-order valence-corrected chi connectivity index (χ3v) is 6.95. The van der Waals surface area contributed by atoms with Crippen LogP contribution in [-0.2, 0) is 4.79 Å². The molecule has 0 atom stereocenters. The van der Waals surface area contributed by atoms with Crippen molar-refractivity contribution in [2.75, 3.05) is 5.75 Å². The molecule has 3 aromatic rings. The third-order valence-electron chi connectivity index (χ3n) is 6.02. The van der Waals surface area contributed by atoms with Gasteiger partial charge in [0.05, 0.1) is 28.0 Å². The van der Waals surface area contributed by atoms with E-state index in [2.05, 4.69) is 4.98 Å². The molecule has 0 bridgehead atoms. The molecule has 158 valence electrons. The molecule has 0 unspecified atom stereocenters. The maximum Gasteiger partial charge on any atom is 0.265 e. The highest BCUT2D eigenvalue weighted by Gasteiger charge is 2.34. The van der Waals surface area contributed by atoms with E-state index in [-0.39, 0.29) is 17.5 Å². The number of nitrogens with zero attached hydrogens (tertiary/aromatic N) is 4. The zero-order valence-corrected chi connectivity index (χ0v) is 18.3. The maximum atomic E-state index is 13.0. The molecule has 1 amide bonds. The Kier molecular flexibility index (Phi) is 5.36. The fourth-order valence-electron chi connectivity index (χ4n) is 4.49. The number of amidine groups is 1. The minimum absolute atomic E-state index is 0.0809. The van der Waals surface area contributed by atoms with Gasteiger partial charge in [0.15, 0.2) is 5.17 Å². The van der Waals surface area contributed by atoms with Gasteiger partial charge in [0, 0.05) is 6.04 Å². The van der Waals surface area contributed by atoms with E-state index < -0.39 is 0 Å². The number of amides is 1. The molecule has 2 fully saturated rings. The smallest absolute Gasteiger partial charge is 0.265 e. The number of hydrogen-bond donors (Lipinski definition) is 0. The first-order chi connectivity index (χ1) is 15.1. The van der Waals surface area contributed by atoms with Crippen molar-refractivity contribution in [2.24, 2.45) is 4.99 Å². The lowest BCUT2D eigenvalue weighted by Gasteiger charge is -2.30. The van der Waals surface area contributed by atoms with Crippen LogP contribution in [-0.4, -0.2) is 37.3 Å². The Bertz CT molecular complexity index is 1230. The summed E-state index contributed by atoms with van der Waals surface area (Å²) < 4.78 is 1.63. The van der Waals surface area contributed by atoms with Gasteiger partial charge in [0.2, 0.25) is 5.91 Å². The zero-order chi connectivity index (χ0) is 21.4. The van der Waals surface area contributed by atoms with E-state index in [1.165, 1.54) is 31.0 Å². The van der Waals surface area contributed by atoms with Crippen LogP contribution in [0.3, 0.4) is 0 Å². The minimum Gasteiger partial charge on any atom is -0.287 e. The molecule has 1 saturated carbocycles. The average Bonchev–Trinajstić information content (AvgIpc) is 3.15. The van der Waals surface area contributed by atoms with Crippen LogP contribution in [0.4, 0.5) is 5.69 Å². The van der Waals surface area contributed by atoms with Gasteiger partial charge in [-0.2, -0.15) is 0 Å². The van der Waals surface area contributed by atoms with Crippen LogP contribution in [0.2, 0.25) is 0 Å². The summed E-state index contributed by atoms with van der Waals surface area (Å²) >= 11 is 1.52.